The van der Waals surface area contributed by atoms with Gasteiger partial charge in [-0.05, 0) is 25.8 Å². The molecule has 0 aliphatic heterocycles. The van der Waals surface area contributed by atoms with Gasteiger partial charge in [-0.1, -0.05) is 11.3 Å². The summed E-state index contributed by atoms with van der Waals surface area (Å²) < 4.78 is 5.59. The normalized spacial score (nSPS) is 15.5. The number of rotatable bonds is 8. The monoisotopic (exact) mass is 257 g/mol. The number of nitrogen functional groups attached to an aromatic ring is 1. The second kappa shape index (κ2) is 6.25. The van der Waals surface area contributed by atoms with E-state index < -0.39 is 0 Å². The molecule has 0 amide bonds. The third-order valence-corrected chi connectivity index (χ3v) is 3.50. The van der Waals surface area contributed by atoms with Gasteiger partial charge in [-0.3, -0.25) is 10.3 Å². The molecule has 1 aliphatic carbocycles. The van der Waals surface area contributed by atoms with Crippen LogP contribution >= 0.6 is 11.3 Å². The van der Waals surface area contributed by atoms with Crippen molar-refractivity contribution in [3.63, 3.8) is 0 Å². The Bertz CT molecular complexity index is 341. The van der Waals surface area contributed by atoms with E-state index in [1.807, 2.05) is 0 Å². The van der Waals surface area contributed by atoms with Gasteiger partial charge >= 0.3 is 0 Å². The summed E-state index contributed by atoms with van der Waals surface area (Å²) in [7, 11) is 2.05. The molecule has 0 radical (unpaired) electrons. The molecule has 96 valence electrons. The van der Waals surface area contributed by atoms with Gasteiger partial charge < -0.3 is 4.74 Å². The predicted octanol–water partition coefficient (Wildman–Crippen LogP) is 0.682. The highest BCUT2D eigenvalue weighted by Gasteiger charge is 2.20. The molecule has 1 fully saturated rings. The number of hydrogen-bond acceptors (Lipinski definition) is 7. The number of ether oxygens (including phenoxy) is 1. The standard InChI is InChI=1S/C10H19N5OS/c1-15(4-5-16-7-8-2-3-8)6-9-13-14-10(12-11)17-9/h8H,2-7,11H2,1H3,(H,12,14). The minimum atomic E-state index is 0.651. The summed E-state index contributed by atoms with van der Waals surface area (Å²) in [4.78, 5) is 2.17. The molecule has 3 N–H and O–H groups in total. The zero-order valence-corrected chi connectivity index (χ0v) is 10.9. The molecular formula is C10H19N5OS. The van der Waals surface area contributed by atoms with Crippen LogP contribution in [0.3, 0.4) is 0 Å². The summed E-state index contributed by atoms with van der Waals surface area (Å²) in [5, 5.41) is 9.54. The van der Waals surface area contributed by atoms with Crippen molar-refractivity contribution in [1.29, 1.82) is 0 Å². The van der Waals surface area contributed by atoms with Gasteiger partial charge in [0, 0.05) is 13.2 Å². The third-order valence-electron chi connectivity index (χ3n) is 2.66. The molecule has 2 rings (SSSR count). The number of anilines is 1. The van der Waals surface area contributed by atoms with Crippen LogP contribution in [-0.4, -0.2) is 41.9 Å². The number of hydrogen-bond donors (Lipinski definition) is 2. The summed E-state index contributed by atoms with van der Waals surface area (Å²) in [6.07, 6.45) is 2.69. The maximum atomic E-state index is 5.59. The van der Waals surface area contributed by atoms with Gasteiger partial charge in [-0.2, -0.15) is 0 Å². The highest BCUT2D eigenvalue weighted by molar-refractivity contribution is 7.15. The molecular weight excluding hydrogens is 238 g/mol. The maximum absolute atomic E-state index is 5.59. The van der Waals surface area contributed by atoms with E-state index in [0.717, 1.165) is 37.2 Å². The van der Waals surface area contributed by atoms with Crippen molar-refractivity contribution in [1.82, 2.24) is 15.1 Å². The van der Waals surface area contributed by atoms with E-state index in [2.05, 4.69) is 27.6 Å². The number of nitrogens with one attached hydrogen (secondary N) is 1. The molecule has 1 aromatic rings. The molecule has 0 aromatic carbocycles. The van der Waals surface area contributed by atoms with Gasteiger partial charge in [-0.15, -0.1) is 10.2 Å². The van der Waals surface area contributed by atoms with E-state index in [9.17, 15) is 0 Å². The highest BCUT2D eigenvalue weighted by atomic mass is 32.1. The van der Waals surface area contributed by atoms with E-state index in [-0.39, 0.29) is 0 Å². The van der Waals surface area contributed by atoms with Crippen molar-refractivity contribution in [3.05, 3.63) is 5.01 Å². The smallest absolute Gasteiger partial charge is 0.219 e. The van der Waals surface area contributed by atoms with Gasteiger partial charge in [0.05, 0.1) is 13.2 Å². The zero-order valence-electron chi connectivity index (χ0n) is 10.1. The Kier molecular flexibility index (Phi) is 4.66. The van der Waals surface area contributed by atoms with Gasteiger partial charge in [0.1, 0.15) is 5.01 Å². The molecule has 0 bridgehead atoms. The summed E-state index contributed by atoms with van der Waals surface area (Å²) in [5.74, 6) is 6.09. The molecule has 0 unspecified atom stereocenters. The lowest BCUT2D eigenvalue weighted by molar-refractivity contribution is 0.102. The van der Waals surface area contributed by atoms with E-state index >= 15 is 0 Å². The lowest BCUT2D eigenvalue weighted by Crippen LogP contribution is -2.23. The van der Waals surface area contributed by atoms with Crippen molar-refractivity contribution in [2.45, 2.75) is 19.4 Å². The molecule has 0 spiro atoms. The Hall–Kier alpha value is -0.760. The van der Waals surface area contributed by atoms with Crippen LogP contribution in [0.15, 0.2) is 0 Å². The average Bonchev–Trinajstić information content (AvgIpc) is 3.04. The molecule has 1 aliphatic rings. The molecule has 1 aromatic heterocycles. The van der Waals surface area contributed by atoms with Crippen molar-refractivity contribution in [2.24, 2.45) is 11.8 Å². The summed E-state index contributed by atoms with van der Waals surface area (Å²) >= 11 is 1.47. The van der Waals surface area contributed by atoms with E-state index in [0.29, 0.717) is 5.13 Å². The van der Waals surface area contributed by atoms with E-state index in [4.69, 9.17) is 10.6 Å². The first-order chi connectivity index (χ1) is 8.28. The van der Waals surface area contributed by atoms with Gasteiger partial charge in [0.15, 0.2) is 0 Å². The first kappa shape index (κ1) is 12.7. The van der Waals surface area contributed by atoms with Crippen molar-refractivity contribution >= 4 is 16.5 Å². The summed E-state index contributed by atoms with van der Waals surface area (Å²) in [6.45, 7) is 3.41. The van der Waals surface area contributed by atoms with Crippen LogP contribution in [0.1, 0.15) is 17.8 Å². The lowest BCUT2D eigenvalue weighted by Gasteiger charge is -2.14. The third kappa shape index (κ3) is 4.55. The van der Waals surface area contributed by atoms with Crippen LogP contribution in [0.25, 0.3) is 0 Å². The molecule has 0 atom stereocenters. The molecule has 17 heavy (non-hydrogen) atoms. The van der Waals surface area contributed by atoms with E-state index in [1.54, 1.807) is 0 Å². The Labute approximate surface area is 105 Å². The number of hydrazine groups is 1. The number of nitrogens with two attached hydrogens (primary N) is 1. The highest BCUT2D eigenvalue weighted by Crippen LogP contribution is 2.28. The Morgan fingerprint density at radius 3 is 3.00 bits per heavy atom. The molecule has 1 saturated carbocycles. The second-order valence-corrected chi connectivity index (χ2v) is 5.46. The van der Waals surface area contributed by atoms with Crippen molar-refractivity contribution in [2.75, 3.05) is 32.2 Å². The van der Waals surface area contributed by atoms with Gasteiger partial charge in [-0.25, -0.2) is 5.84 Å². The average molecular weight is 257 g/mol. The molecule has 7 heteroatoms. The predicted molar refractivity (Wildman–Crippen MR) is 67.6 cm³/mol. The van der Waals surface area contributed by atoms with Crippen molar-refractivity contribution in [3.8, 4) is 0 Å². The quantitative estimate of drug-likeness (QED) is 0.405. The summed E-state index contributed by atoms with van der Waals surface area (Å²) in [5.41, 5.74) is 2.49. The molecule has 1 heterocycles. The van der Waals surface area contributed by atoms with Crippen LogP contribution in [0, 0.1) is 5.92 Å². The van der Waals surface area contributed by atoms with Crippen LogP contribution in [0.4, 0.5) is 5.13 Å². The minimum Gasteiger partial charge on any atom is -0.380 e. The molecule has 0 saturated heterocycles. The van der Waals surface area contributed by atoms with Crippen LogP contribution in [0.5, 0.6) is 0 Å². The fourth-order valence-electron chi connectivity index (χ4n) is 1.44. The van der Waals surface area contributed by atoms with Crippen molar-refractivity contribution < 1.29 is 4.74 Å². The fraction of sp³-hybridized carbons (Fsp3) is 0.800. The Balaban J connectivity index is 1.60. The Morgan fingerprint density at radius 1 is 1.53 bits per heavy atom. The SMILES string of the molecule is CN(CCOCC1CC1)Cc1nnc(NN)s1. The number of nitrogens with zero attached hydrogens (tertiary/aromatic N) is 3. The summed E-state index contributed by atoms with van der Waals surface area (Å²) in [6, 6.07) is 0. The minimum absolute atomic E-state index is 0.651. The first-order valence-corrected chi connectivity index (χ1v) is 6.65. The molecule has 6 nitrogen and oxygen atoms in total. The fourth-order valence-corrected chi connectivity index (χ4v) is 2.17. The number of aromatic nitrogens is 2. The largest absolute Gasteiger partial charge is 0.380 e. The zero-order chi connectivity index (χ0) is 12.1. The van der Waals surface area contributed by atoms with Crippen LogP contribution in [0.2, 0.25) is 0 Å². The topological polar surface area (TPSA) is 76.3 Å². The van der Waals surface area contributed by atoms with E-state index in [1.165, 1.54) is 24.2 Å². The first-order valence-electron chi connectivity index (χ1n) is 5.83. The van der Waals surface area contributed by atoms with Gasteiger partial charge in [0.25, 0.3) is 0 Å². The van der Waals surface area contributed by atoms with Crippen LogP contribution < -0.4 is 11.3 Å². The van der Waals surface area contributed by atoms with Crippen LogP contribution in [-0.2, 0) is 11.3 Å². The number of likely N-dealkylation sites (N-methyl/N-ethyl adjacent to an activating group) is 1. The maximum Gasteiger partial charge on any atom is 0.219 e. The van der Waals surface area contributed by atoms with Gasteiger partial charge in [0.2, 0.25) is 5.13 Å². The lowest BCUT2D eigenvalue weighted by atomic mass is 10.5. The second-order valence-electron chi connectivity index (χ2n) is 4.40. The Morgan fingerprint density at radius 2 is 2.35 bits per heavy atom.